The summed E-state index contributed by atoms with van der Waals surface area (Å²) < 4.78 is 2.00. The molecule has 7 heteroatoms. The van der Waals surface area contributed by atoms with Crippen LogP contribution < -0.4 is 5.84 Å². The fraction of sp³-hybridized carbons (Fsp3) is 0.0667. The SMILES string of the molecule is Nn1cc(-c2cnc3c(Cc4ccncc4)nccn23)cn1. The zero-order valence-corrected chi connectivity index (χ0v) is 11.7. The van der Waals surface area contributed by atoms with Crippen LogP contribution in [0.1, 0.15) is 11.3 Å². The van der Waals surface area contributed by atoms with Crippen molar-refractivity contribution < 1.29 is 0 Å². The maximum atomic E-state index is 5.62. The number of hydrogen-bond donors (Lipinski definition) is 1. The summed E-state index contributed by atoms with van der Waals surface area (Å²) in [5.41, 5.74) is 4.75. The molecule has 0 aromatic carbocycles. The van der Waals surface area contributed by atoms with Gasteiger partial charge in [-0.25, -0.2) is 4.98 Å². The van der Waals surface area contributed by atoms with Crippen molar-refractivity contribution in [2.75, 3.05) is 5.84 Å². The topological polar surface area (TPSA) is 86.9 Å². The Balaban J connectivity index is 1.80. The van der Waals surface area contributed by atoms with Crippen molar-refractivity contribution >= 4 is 5.65 Å². The molecule has 0 amide bonds. The third kappa shape index (κ3) is 2.08. The summed E-state index contributed by atoms with van der Waals surface area (Å²) in [6.07, 6.45) is 13.2. The minimum absolute atomic E-state index is 0.708. The van der Waals surface area contributed by atoms with Gasteiger partial charge < -0.3 is 5.84 Å². The van der Waals surface area contributed by atoms with Gasteiger partial charge in [-0.1, -0.05) is 0 Å². The van der Waals surface area contributed by atoms with E-state index in [2.05, 4.69) is 20.1 Å². The molecule has 0 aliphatic rings. The number of nitrogens with two attached hydrogens (primary N) is 1. The lowest BCUT2D eigenvalue weighted by Crippen LogP contribution is -2.07. The Hall–Kier alpha value is -3.22. The molecule has 4 rings (SSSR count). The van der Waals surface area contributed by atoms with E-state index < -0.39 is 0 Å². The van der Waals surface area contributed by atoms with Gasteiger partial charge in [0.25, 0.3) is 0 Å². The lowest BCUT2D eigenvalue weighted by Gasteiger charge is -2.04. The molecular weight excluding hydrogens is 278 g/mol. The summed E-state index contributed by atoms with van der Waals surface area (Å²) in [5, 5.41) is 4.00. The molecule has 7 nitrogen and oxygen atoms in total. The van der Waals surface area contributed by atoms with E-state index in [0.717, 1.165) is 28.2 Å². The molecule has 0 saturated heterocycles. The lowest BCUT2D eigenvalue weighted by atomic mass is 10.1. The van der Waals surface area contributed by atoms with Crippen LogP contribution >= 0.6 is 0 Å². The normalized spacial score (nSPS) is 11.1. The van der Waals surface area contributed by atoms with Crippen molar-refractivity contribution in [1.29, 1.82) is 0 Å². The first kappa shape index (κ1) is 12.5. The van der Waals surface area contributed by atoms with E-state index in [9.17, 15) is 0 Å². The third-order valence-electron chi connectivity index (χ3n) is 3.52. The minimum atomic E-state index is 0.708. The number of nitrogens with zero attached hydrogens (tertiary/aromatic N) is 6. The highest BCUT2D eigenvalue weighted by atomic mass is 15.5. The average Bonchev–Trinajstić information content (AvgIpc) is 3.15. The van der Waals surface area contributed by atoms with Crippen LogP contribution in [0.15, 0.2) is 55.5 Å². The number of imidazole rings is 1. The maximum absolute atomic E-state index is 5.62. The van der Waals surface area contributed by atoms with Crippen molar-refractivity contribution in [2.24, 2.45) is 0 Å². The van der Waals surface area contributed by atoms with Crippen molar-refractivity contribution in [3.63, 3.8) is 0 Å². The van der Waals surface area contributed by atoms with Crippen molar-refractivity contribution in [2.45, 2.75) is 6.42 Å². The van der Waals surface area contributed by atoms with E-state index in [1.165, 1.54) is 4.79 Å². The fourth-order valence-electron chi connectivity index (χ4n) is 2.48. The van der Waals surface area contributed by atoms with E-state index in [1.54, 1.807) is 31.0 Å². The predicted octanol–water partition coefficient (Wildman–Crippen LogP) is 1.29. The summed E-state index contributed by atoms with van der Waals surface area (Å²) in [6, 6.07) is 3.96. The Labute approximate surface area is 126 Å². The van der Waals surface area contributed by atoms with Crippen molar-refractivity contribution in [3.05, 3.63) is 66.8 Å². The summed E-state index contributed by atoms with van der Waals surface area (Å²) in [7, 11) is 0. The molecular formula is C15H13N7. The highest BCUT2D eigenvalue weighted by Gasteiger charge is 2.11. The van der Waals surface area contributed by atoms with Crippen LogP contribution in [0.25, 0.3) is 16.9 Å². The maximum Gasteiger partial charge on any atom is 0.159 e. The minimum Gasteiger partial charge on any atom is -0.323 e. The quantitative estimate of drug-likeness (QED) is 0.575. The number of pyridine rings is 1. The second-order valence-corrected chi connectivity index (χ2v) is 4.95. The summed E-state index contributed by atoms with van der Waals surface area (Å²) in [6.45, 7) is 0. The number of rotatable bonds is 3. The summed E-state index contributed by atoms with van der Waals surface area (Å²) >= 11 is 0. The lowest BCUT2D eigenvalue weighted by molar-refractivity contribution is 0.832. The fourth-order valence-corrected chi connectivity index (χ4v) is 2.48. The van der Waals surface area contributed by atoms with Gasteiger partial charge in [0.2, 0.25) is 0 Å². The van der Waals surface area contributed by atoms with Crippen LogP contribution in [0.3, 0.4) is 0 Å². The Morgan fingerprint density at radius 3 is 2.68 bits per heavy atom. The molecule has 0 aliphatic heterocycles. The molecule has 0 unspecified atom stereocenters. The predicted molar refractivity (Wildman–Crippen MR) is 81.4 cm³/mol. The summed E-state index contributed by atoms with van der Waals surface area (Å²) in [5.74, 6) is 5.62. The van der Waals surface area contributed by atoms with Crippen LogP contribution in [0.2, 0.25) is 0 Å². The molecule has 2 N–H and O–H groups in total. The van der Waals surface area contributed by atoms with Gasteiger partial charge in [0.05, 0.1) is 30.0 Å². The van der Waals surface area contributed by atoms with Gasteiger partial charge in [-0.2, -0.15) is 9.89 Å². The van der Waals surface area contributed by atoms with Gasteiger partial charge in [0.15, 0.2) is 5.65 Å². The summed E-state index contributed by atoms with van der Waals surface area (Å²) in [4.78, 5) is 14.3. The molecule has 0 aliphatic carbocycles. The van der Waals surface area contributed by atoms with Crippen LogP contribution in [0.5, 0.6) is 0 Å². The molecule has 4 aromatic rings. The van der Waals surface area contributed by atoms with Crippen LogP contribution in [0, 0.1) is 0 Å². The van der Waals surface area contributed by atoms with Crippen molar-refractivity contribution in [1.82, 2.24) is 29.2 Å². The van der Waals surface area contributed by atoms with E-state index >= 15 is 0 Å². The molecule has 0 radical (unpaired) electrons. The molecule has 22 heavy (non-hydrogen) atoms. The Morgan fingerprint density at radius 2 is 1.91 bits per heavy atom. The van der Waals surface area contributed by atoms with E-state index in [1.807, 2.05) is 28.9 Å². The van der Waals surface area contributed by atoms with Crippen molar-refractivity contribution in [3.8, 4) is 11.3 Å². The molecule has 0 bridgehead atoms. The van der Waals surface area contributed by atoms with Crippen LogP contribution in [-0.4, -0.2) is 29.2 Å². The monoisotopic (exact) mass is 291 g/mol. The van der Waals surface area contributed by atoms with E-state index in [4.69, 9.17) is 5.84 Å². The van der Waals surface area contributed by atoms with Gasteiger partial charge in [0.1, 0.15) is 0 Å². The van der Waals surface area contributed by atoms with Crippen LogP contribution in [0.4, 0.5) is 0 Å². The molecule has 0 saturated carbocycles. The van der Waals surface area contributed by atoms with Gasteiger partial charge in [-0.15, -0.1) is 0 Å². The van der Waals surface area contributed by atoms with Crippen LogP contribution in [-0.2, 0) is 6.42 Å². The zero-order valence-electron chi connectivity index (χ0n) is 11.7. The Morgan fingerprint density at radius 1 is 1.05 bits per heavy atom. The molecule has 0 spiro atoms. The first-order valence-corrected chi connectivity index (χ1v) is 6.81. The molecule has 0 atom stereocenters. The number of fused-ring (bicyclic) bond motifs is 1. The first-order valence-electron chi connectivity index (χ1n) is 6.81. The van der Waals surface area contributed by atoms with E-state index in [-0.39, 0.29) is 0 Å². The first-order chi connectivity index (χ1) is 10.8. The molecule has 4 aromatic heterocycles. The highest BCUT2D eigenvalue weighted by Crippen LogP contribution is 2.21. The number of hydrogen-bond acceptors (Lipinski definition) is 5. The highest BCUT2D eigenvalue weighted by molar-refractivity contribution is 5.63. The second-order valence-electron chi connectivity index (χ2n) is 4.95. The van der Waals surface area contributed by atoms with Gasteiger partial charge in [-0.3, -0.25) is 14.4 Å². The zero-order chi connectivity index (χ0) is 14.9. The Bertz CT molecular complexity index is 923. The van der Waals surface area contributed by atoms with Gasteiger partial charge >= 0.3 is 0 Å². The molecule has 4 heterocycles. The smallest absolute Gasteiger partial charge is 0.159 e. The standard InChI is InChI=1S/C15H13N7/c16-22-10-12(8-20-22)14-9-19-15-13(18-5-6-21(14)15)7-11-1-3-17-4-2-11/h1-6,8-10H,7,16H2. The number of aromatic nitrogens is 6. The molecule has 108 valence electrons. The largest absolute Gasteiger partial charge is 0.323 e. The van der Waals surface area contributed by atoms with Gasteiger partial charge in [-0.05, 0) is 17.7 Å². The number of nitrogen functional groups attached to an aromatic ring is 1. The third-order valence-corrected chi connectivity index (χ3v) is 3.52. The second kappa shape index (κ2) is 4.96. The van der Waals surface area contributed by atoms with E-state index in [0.29, 0.717) is 6.42 Å². The molecule has 0 fully saturated rings. The Kier molecular flexibility index (Phi) is 2.82. The average molecular weight is 291 g/mol. The van der Waals surface area contributed by atoms with Gasteiger partial charge in [0, 0.05) is 36.8 Å².